The van der Waals surface area contributed by atoms with Gasteiger partial charge in [-0.3, -0.25) is 4.79 Å². The maximum absolute atomic E-state index is 13.7. The van der Waals surface area contributed by atoms with Crippen molar-refractivity contribution in [3.63, 3.8) is 0 Å². The Morgan fingerprint density at radius 2 is 2.09 bits per heavy atom. The highest BCUT2D eigenvalue weighted by molar-refractivity contribution is 5.81. The van der Waals surface area contributed by atoms with Crippen LogP contribution in [0.25, 0.3) is 10.9 Å². The predicted molar refractivity (Wildman–Crippen MR) is 76.9 cm³/mol. The molecule has 0 saturated carbocycles. The van der Waals surface area contributed by atoms with Gasteiger partial charge in [0.1, 0.15) is 17.7 Å². The zero-order chi connectivity index (χ0) is 15.9. The molecule has 1 N–H and O–H groups in total. The maximum atomic E-state index is 13.7. The number of hydrogen-bond acceptors (Lipinski definition) is 5. The number of halogens is 1. The molecule has 1 aromatic carbocycles. The van der Waals surface area contributed by atoms with Crippen molar-refractivity contribution in [2.24, 2.45) is 0 Å². The van der Waals surface area contributed by atoms with E-state index >= 15 is 0 Å². The lowest BCUT2D eigenvalue weighted by Crippen LogP contribution is -2.27. The van der Waals surface area contributed by atoms with Crippen molar-refractivity contribution in [2.75, 3.05) is 0 Å². The summed E-state index contributed by atoms with van der Waals surface area (Å²) >= 11 is 0. The topological polar surface area (TPSA) is 81.1 Å². The van der Waals surface area contributed by atoms with Gasteiger partial charge in [0, 0.05) is 5.56 Å². The molecule has 3 aromatic rings. The van der Waals surface area contributed by atoms with Crippen molar-refractivity contribution in [1.29, 1.82) is 0 Å². The lowest BCUT2D eigenvalue weighted by atomic mass is 10.1. The Morgan fingerprint density at radius 3 is 2.82 bits per heavy atom. The number of aliphatic hydroxyl groups excluding tert-OH is 1. The molecule has 0 aliphatic heterocycles. The van der Waals surface area contributed by atoms with Crippen LogP contribution in [0.4, 0.5) is 4.39 Å². The molecule has 114 valence electrons. The van der Waals surface area contributed by atoms with E-state index in [0.717, 1.165) is 4.68 Å². The largest absolute Gasteiger partial charge is 0.386 e. The quantitative estimate of drug-likeness (QED) is 0.799. The molecule has 0 unspecified atom stereocenters. The van der Waals surface area contributed by atoms with Gasteiger partial charge in [-0.1, -0.05) is 23.4 Å². The van der Waals surface area contributed by atoms with Crippen LogP contribution in [0, 0.1) is 19.7 Å². The molecule has 0 bridgehead atoms. The van der Waals surface area contributed by atoms with Crippen molar-refractivity contribution in [1.82, 2.24) is 14.9 Å². The van der Waals surface area contributed by atoms with Gasteiger partial charge in [-0.25, -0.2) is 9.07 Å². The zero-order valence-electron chi connectivity index (χ0n) is 12.1. The minimum absolute atomic E-state index is 0.116. The van der Waals surface area contributed by atoms with E-state index in [1.54, 1.807) is 19.9 Å². The Kier molecular flexibility index (Phi) is 3.50. The van der Waals surface area contributed by atoms with Gasteiger partial charge in [-0.15, -0.1) is 0 Å². The summed E-state index contributed by atoms with van der Waals surface area (Å²) in [7, 11) is 0. The van der Waals surface area contributed by atoms with Crippen LogP contribution in [-0.4, -0.2) is 20.0 Å². The number of aryl methyl sites for hydroxylation is 2. The molecule has 2 aromatic heterocycles. The normalized spacial score (nSPS) is 12.7. The number of rotatable bonds is 3. The first-order valence-electron chi connectivity index (χ1n) is 6.75. The molecule has 0 amide bonds. The number of hydrogen-bond donors (Lipinski definition) is 1. The number of nitrogens with zero attached hydrogens (tertiary/aromatic N) is 3. The van der Waals surface area contributed by atoms with E-state index in [-0.39, 0.29) is 17.6 Å². The van der Waals surface area contributed by atoms with Crippen LogP contribution in [-0.2, 0) is 6.54 Å². The van der Waals surface area contributed by atoms with Gasteiger partial charge >= 0.3 is 0 Å². The molecule has 0 saturated heterocycles. The Labute approximate surface area is 124 Å². The van der Waals surface area contributed by atoms with Gasteiger partial charge in [0.05, 0.1) is 17.6 Å². The van der Waals surface area contributed by atoms with Crippen LogP contribution in [0.15, 0.2) is 33.6 Å². The first-order chi connectivity index (χ1) is 10.5. The summed E-state index contributed by atoms with van der Waals surface area (Å²) in [5, 5.41) is 18.6. The summed E-state index contributed by atoms with van der Waals surface area (Å²) in [5.74, 6) is -0.0166. The molecule has 2 heterocycles. The molecule has 3 rings (SSSR count). The van der Waals surface area contributed by atoms with E-state index in [0.29, 0.717) is 16.8 Å². The van der Waals surface area contributed by atoms with Crippen LogP contribution in [0.5, 0.6) is 0 Å². The third-order valence-corrected chi connectivity index (χ3v) is 3.54. The van der Waals surface area contributed by atoms with Crippen LogP contribution in [0.3, 0.4) is 0 Å². The summed E-state index contributed by atoms with van der Waals surface area (Å²) < 4.78 is 19.8. The summed E-state index contributed by atoms with van der Waals surface area (Å²) in [6.45, 7) is 3.25. The molecule has 0 fully saturated rings. The van der Waals surface area contributed by atoms with Gasteiger partial charge < -0.3 is 9.63 Å². The highest BCUT2D eigenvalue weighted by Gasteiger charge is 2.18. The average molecular weight is 303 g/mol. The molecule has 0 aliphatic carbocycles. The highest BCUT2D eigenvalue weighted by atomic mass is 19.1. The molecule has 1 atom stereocenters. The third kappa shape index (κ3) is 2.29. The fraction of sp³-hybridized carbons (Fsp3) is 0.267. The second-order valence-electron chi connectivity index (χ2n) is 5.07. The Balaban J connectivity index is 2.03. The molecular weight excluding hydrogens is 289 g/mol. The van der Waals surface area contributed by atoms with E-state index in [2.05, 4.69) is 10.3 Å². The van der Waals surface area contributed by atoms with Crippen molar-refractivity contribution in [2.45, 2.75) is 26.5 Å². The van der Waals surface area contributed by atoms with Crippen molar-refractivity contribution in [3.05, 3.63) is 57.5 Å². The second kappa shape index (κ2) is 5.34. The van der Waals surface area contributed by atoms with Gasteiger partial charge in [-0.05, 0) is 19.9 Å². The molecular formula is C15H14FN3O3. The first-order valence-corrected chi connectivity index (χ1v) is 6.75. The highest BCUT2D eigenvalue weighted by Crippen LogP contribution is 2.20. The summed E-state index contributed by atoms with van der Waals surface area (Å²) in [5.41, 5.74) is 0.359. The van der Waals surface area contributed by atoms with E-state index in [1.165, 1.54) is 18.2 Å². The Morgan fingerprint density at radius 1 is 1.36 bits per heavy atom. The monoisotopic (exact) mass is 303 g/mol. The van der Waals surface area contributed by atoms with E-state index in [1.807, 2.05) is 0 Å². The smallest absolute Gasteiger partial charge is 0.296 e. The lowest BCUT2D eigenvalue weighted by molar-refractivity contribution is 0.145. The molecule has 0 radical (unpaired) electrons. The van der Waals surface area contributed by atoms with E-state index in [4.69, 9.17) is 4.52 Å². The number of aromatic nitrogens is 3. The summed E-state index contributed by atoms with van der Waals surface area (Å²) in [6, 6.07) is 5.87. The first kappa shape index (κ1) is 14.4. The Hall–Kier alpha value is -2.54. The summed E-state index contributed by atoms with van der Waals surface area (Å²) in [6.07, 6.45) is -1.18. The molecule has 0 spiro atoms. The predicted octanol–water partition coefficient (Wildman–Crippen LogP) is 1.87. The maximum Gasteiger partial charge on any atom is 0.296 e. The number of benzene rings is 1. The van der Waals surface area contributed by atoms with Gasteiger partial charge in [-0.2, -0.15) is 5.10 Å². The lowest BCUT2D eigenvalue weighted by Gasteiger charge is -2.13. The fourth-order valence-corrected chi connectivity index (χ4v) is 2.47. The van der Waals surface area contributed by atoms with Crippen molar-refractivity contribution in [3.8, 4) is 0 Å². The van der Waals surface area contributed by atoms with Crippen LogP contribution in [0.2, 0.25) is 0 Å². The van der Waals surface area contributed by atoms with Crippen LogP contribution >= 0.6 is 0 Å². The third-order valence-electron chi connectivity index (χ3n) is 3.54. The van der Waals surface area contributed by atoms with Gasteiger partial charge in [0.2, 0.25) is 0 Å². The summed E-state index contributed by atoms with van der Waals surface area (Å²) in [4.78, 5) is 12.3. The standard InChI is InChI=1S/C15H14FN3O3/c1-8-13-9(2)22-18-14(13)15(21)19(17-8)7-12(20)10-5-3-4-6-11(10)16/h3-6,12,20H,7H2,1-2H3/t12-/m1/s1. The fourth-order valence-electron chi connectivity index (χ4n) is 2.47. The molecule has 0 aliphatic rings. The average Bonchev–Trinajstić information content (AvgIpc) is 2.87. The van der Waals surface area contributed by atoms with E-state index < -0.39 is 17.5 Å². The minimum atomic E-state index is -1.18. The minimum Gasteiger partial charge on any atom is -0.386 e. The van der Waals surface area contributed by atoms with Crippen molar-refractivity contribution >= 4 is 10.9 Å². The molecule has 6 nitrogen and oxygen atoms in total. The SMILES string of the molecule is Cc1nn(C[C@@H](O)c2ccccc2F)c(=O)c2noc(C)c12. The number of aliphatic hydroxyl groups is 1. The van der Waals surface area contributed by atoms with Crippen LogP contribution < -0.4 is 5.56 Å². The van der Waals surface area contributed by atoms with E-state index in [9.17, 15) is 14.3 Å². The second-order valence-corrected chi connectivity index (χ2v) is 5.07. The van der Waals surface area contributed by atoms with Crippen LogP contribution in [0.1, 0.15) is 23.1 Å². The molecule has 7 heteroatoms. The molecule has 22 heavy (non-hydrogen) atoms. The van der Waals surface area contributed by atoms with Crippen molar-refractivity contribution < 1.29 is 14.0 Å². The Bertz CT molecular complexity index is 901. The van der Waals surface area contributed by atoms with Gasteiger partial charge in [0.15, 0.2) is 5.52 Å². The number of fused-ring (bicyclic) bond motifs is 1. The zero-order valence-corrected chi connectivity index (χ0v) is 12.1. The van der Waals surface area contributed by atoms with Gasteiger partial charge in [0.25, 0.3) is 5.56 Å².